The van der Waals surface area contributed by atoms with Crippen molar-refractivity contribution in [2.24, 2.45) is 0 Å². The minimum Gasteiger partial charge on any atom is -0.464 e. The fourth-order valence-electron chi connectivity index (χ4n) is 2.44. The Balaban J connectivity index is 1.48. The van der Waals surface area contributed by atoms with E-state index in [-0.39, 0.29) is 12.3 Å². The molecule has 1 fully saturated rings. The third kappa shape index (κ3) is 2.62. The molecular formula is C16H15N3O2S. The van der Waals surface area contributed by atoms with E-state index in [9.17, 15) is 4.79 Å². The molecule has 1 aliphatic rings. The molecule has 0 radical (unpaired) electrons. The fourth-order valence-corrected chi connectivity index (χ4v) is 3.37. The van der Waals surface area contributed by atoms with Crippen molar-refractivity contribution in [2.45, 2.75) is 32.1 Å². The van der Waals surface area contributed by atoms with Crippen molar-refractivity contribution in [2.75, 3.05) is 5.32 Å². The minimum atomic E-state index is -0.0956. The fraction of sp³-hybridized carbons (Fsp3) is 0.312. The zero-order chi connectivity index (χ0) is 15.1. The number of furan rings is 1. The summed E-state index contributed by atoms with van der Waals surface area (Å²) in [4.78, 5) is 12.2. The van der Waals surface area contributed by atoms with Gasteiger partial charge in [-0.3, -0.25) is 4.79 Å². The molecule has 0 saturated heterocycles. The number of nitrogens with one attached hydrogen (secondary N) is 1. The van der Waals surface area contributed by atoms with Crippen LogP contribution in [0.2, 0.25) is 0 Å². The second-order valence-corrected chi connectivity index (χ2v) is 6.71. The number of fused-ring (bicyclic) bond motifs is 1. The highest BCUT2D eigenvalue weighted by molar-refractivity contribution is 7.15. The lowest BCUT2D eigenvalue weighted by molar-refractivity contribution is -0.115. The number of hydrogen-bond acceptors (Lipinski definition) is 5. The Hall–Kier alpha value is -2.21. The minimum absolute atomic E-state index is 0.0956. The molecule has 112 valence electrons. The smallest absolute Gasteiger partial charge is 0.230 e. The second kappa shape index (κ2) is 5.21. The van der Waals surface area contributed by atoms with Gasteiger partial charge in [0.25, 0.3) is 0 Å². The summed E-state index contributed by atoms with van der Waals surface area (Å²) in [5, 5.41) is 13.6. The van der Waals surface area contributed by atoms with Crippen LogP contribution in [0.5, 0.6) is 0 Å². The van der Waals surface area contributed by atoms with Gasteiger partial charge < -0.3 is 9.73 Å². The van der Waals surface area contributed by atoms with E-state index in [1.807, 2.05) is 25.1 Å². The third-order valence-corrected chi connectivity index (χ3v) is 4.78. The maximum absolute atomic E-state index is 12.2. The molecule has 1 saturated carbocycles. The molecule has 3 aromatic rings. The zero-order valence-electron chi connectivity index (χ0n) is 12.1. The number of amides is 1. The first kappa shape index (κ1) is 13.5. The highest BCUT2D eigenvalue weighted by Gasteiger charge is 2.27. The van der Waals surface area contributed by atoms with Crippen LogP contribution in [0.4, 0.5) is 5.13 Å². The Kier molecular flexibility index (Phi) is 3.18. The Labute approximate surface area is 131 Å². The predicted molar refractivity (Wildman–Crippen MR) is 85.2 cm³/mol. The summed E-state index contributed by atoms with van der Waals surface area (Å²) in [5.74, 6) is 0.464. The molecule has 5 nitrogen and oxygen atoms in total. The third-order valence-electron chi connectivity index (χ3n) is 3.78. The van der Waals surface area contributed by atoms with Crippen LogP contribution in [-0.4, -0.2) is 16.1 Å². The summed E-state index contributed by atoms with van der Waals surface area (Å²) in [5.41, 5.74) is 2.84. The number of hydrogen-bond donors (Lipinski definition) is 1. The standard InChI is InChI=1S/C16H15N3O2S/c1-9-2-5-12-11(8-21-13(12)6-9)7-14(20)17-16-19-18-15(22-16)10-3-4-10/h2,5-6,8,10H,3-4,7H2,1H3,(H,17,19,20). The van der Waals surface area contributed by atoms with Gasteiger partial charge in [0, 0.05) is 16.9 Å². The van der Waals surface area contributed by atoms with Gasteiger partial charge in [0.15, 0.2) is 0 Å². The van der Waals surface area contributed by atoms with Gasteiger partial charge in [0.2, 0.25) is 11.0 Å². The van der Waals surface area contributed by atoms with E-state index < -0.39 is 0 Å². The van der Waals surface area contributed by atoms with E-state index in [1.165, 1.54) is 24.2 Å². The maximum atomic E-state index is 12.2. The first-order chi connectivity index (χ1) is 10.7. The maximum Gasteiger partial charge on any atom is 0.230 e. The number of anilines is 1. The van der Waals surface area contributed by atoms with Gasteiger partial charge >= 0.3 is 0 Å². The molecule has 1 amide bonds. The average Bonchev–Trinajstić information content (AvgIpc) is 3.13. The largest absolute Gasteiger partial charge is 0.464 e. The van der Waals surface area contributed by atoms with Gasteiger partial charge in [-0.25, -0.2) is 0 Å². The van der Waals surface area contributed by atoms with E-state index in [0.717, 1.165) is 27.1 Å². The van der Waals surface area contributed by atoms with Crippen LogP contribution in [0.3, 0.4) is 0 Å². The summed E-state index contributed by atoms with van der Waals surface area (Å²) >= 11 is 1.47. The molecule has 2 heterocycles. The lowest BCUT2D eigenvalue weighted by Crippen LogP contribution is -2.13. The number of aryl methyl sites for hydroxylation is 1. The number of nitrogens with zero attached hydrogens (tertiary/aromatic N) is 2. The molecular weight excluding hydrogens is 298 g/mol. The van der Waals surface area contributed by atoms with Crippen molar-refractivity contribution in [3.8, 4) is 0 Å². The molecule has 1 aliphatic carbocycles. The average molecular weight is 313 g/mol. The van der Waals surface area contributed by atoms with E-state index in [4.69, 9.17) is 4.42 Å². The predicted octanol–water partition coefficient (Wildman–Crippen LogP) is 3.65. The molecule has 22 heavy (non-hydrogen) atoms. The van der Waals surface area contributed by atoms with Crippen molar-refractivity contribution >= 4 is 33.3 Å². The van der Waals surface area contributed by atoms with Crippen LogP contribution in [0.15, 0.2) is 28.9 Å². The SMILES string of the molecule is Cc1ccc2c(CC(=O)Nc3nnc(C4CC4)s3)coc2c1. The van der Waals surface area contributed by atoms with Gasteiger partial charge in [0.1, 0.15) is 10.6 Å². The molecule has 0 atom stereocenters. The number of carbonyl (C=O) groups is 1. The van der Waals surface area contributed by atoms with E-state index >= 15 is 0 Å². The monoisotopic (exact) mass is 313 g/mol. The number of rotatable bonds is 4. The van der Waals surface area contributed by atoms with Crippen LogP contribution in [0.1, 0.15) is 34.9 Å². The molecule has 4 rings (SSSR count). The van der Waals surface area contributed by atoms with Crippen molar-refractivity contribution in [3.05, 3.63) is 40.6 Å². The molecule has 1 N–H and O–H groups in total. The van der Waals surface area contributed by atoms with Crippen LogP contribution in [-0.2, 0) is 11.2 Å². The Morgan fingerprint density at radius 2 is 2.27 bits per heavy atom. The van der Waals surface area contributed by atoms with Gasteiger partial charge in [-0.2, -0.15) is 0 Å². The summed E-state index contributed by atoms with van der Waals surface area (Å²) in [7, 11) is 0. The molecule has 1 aromatic carbocycles. The number of aromatic nitrogens is 2. The Bertz CT molecular complexity index is 848. The zero-order valence-corrected chi connectivity index (χ0v) is 12.9. The van der Waals surface area contributed by atoms with Gasteiger partial charge in [0.05, 0.1) is 12.7 Å². The normalized spacial score (nSPS) is 14.4. The summed E-state index contributed by atoms with van der Waals surface area (Å²) in [6, 6.07) is 5.99. The Morgan fingerprint density at radius 1 is 1.41 bits per heavy atom. The molecule has 0 bridgehead atoms. The van der Waals surface area contributed by atoms with Crippen LogP contribution in [0.25, 0.3) is 11.0 Å². The van der Waals surface area contributed by atoms with E-state index in [2.05, 4.69) is 15.5 Å². The number of carbonyl (C=O) groups excluding carboxylic acids is 1. The second-order valence-electron chi connectivity index (χ2n) is 5.71. The molecule has 6 heteroatoms. The summed E-state index contributed by atoms with van der Waals surface area (Å²) in [6.45, 7) is 2.02. The highest BCUT2D eigenvalue weighted by Crippen LogP contribution is 2.42. The molecule has 0 aliphatic heterocycles. The van der Waals surface area contributed by atoms with Crippen LogP contribution in [0, 0.1) is 6.92 Å². The lowest BCUT2D eigenvalue weighted by atomic mass is 10.1. The molecule has 0 unspecified atom stereocenters. The van der Waals surface area contributed by atoms with Gasteiger partial charge in [-0.1, -0.05) is 23.5 Å². The van der Waals surface area contributed by atoms with E-state index in [0.29, 0.717) is 11.0 Å². The molecule has 0 spiro atoms. The quantitative estimate of drug-likeness (QED) is 0.798. The van der Waals surface area contributed by atoms with Crippen LogP contribution < -0.4 is 5.32 Å². The van der Waals surface area contributed by atoms with Crippen molar-refractivity contribution < 1.29 is 9.21 Å². The topological polar surface area (TPSA) is 68.0 Å². The van der Waals surface area contributed by atoms with Crippen molar-refractivity contribution in [1.29, 1.82) is 0 Å². The van der Waals surface area contributed by atoms with E-state index in [1.54, 1.807) is 6.26 Å². The highest BCUT2D eigenvalue weighted by atomic mass is 32.1. The van der Waals surface area contributed by atoms with Gasteiger partial charge in [-0.15, -0.1) is 10.2 Å². The Morgan fingerprint density at radius 3 is 3.09 bits per heavy atom. The first-order valence-electron chi connectivity index (χ1n) is 7.29. The first-order valence-corrected chi connectivity index (χ1v) is 8.10. The van der Waals surface area contributed by atoms with Crippen molar-refractivity contribution in [1.82, 2.24) is 10.2 Å². The summed E-state index contributed by atoms with van der Waals surface area (Å²) in [6.07, 6.45) is 4.29. The summed E-state index contributed by atoms with van der Waals surface area (Å²) < 4.78 is 5.52. The van der Waals surface area contributed by atoms with Crippen molar-refractivity contribution in [3.63, 3.8) is 0 Å². The number of benzene rings is 1. The van der Waals surface area contributed by atoms with Gasteiger partial charge in [-0.05, 0) is 31.4 Å². The lowest BCUT2D eigenvalue weighted by Gasteiger charge is -1.99. The molecule has 2 aromatic heterocycles. The van der Waals surface area contributed by atoms with Crippen LogP contribution >= 0.6 is 11.3 Å².